The maximum absolute atomic E-state index is 10.2. The fraction of sp³-hybridized carbons (Fsp3) is 0.579. The molecule has 25 heavy (non-hydrogen) atoms. The van der Waals surface area contributed by atoms with Gasteiger partial charge in [0, 0.05) is 31.1 Å². The predicted molar refractivity (Wildman–Crippen MR) is 94.9 cm³/mol. The highest BCUT2D eigenvalue weighted by Crippen LogP contribution is 2.27. The third kappa shape index (κ3) is 4.58. The van der Waals surface area contributed by atoms with Crippen LogP contribution in [0.3, 0.4) is 0 Å². The molecule has 0 amide bonds. The highest BCUT2D eigenvalue weighted by atomic mass is 16.5. The van der Waals surface area contributed by atoms with Crippen LogP contribution in [-0.4, -0.2) is 45.8 Å². The third-order valence-corrected chi connectivity index (χ3v) is 4.41. The molecule has 1 aliphatic heterocycles. The van der Waals surface area contributed by atoms with Crippen LogP contribution in [0.1, 0.15) is 49.8 Å². The quantitative estimate of drug-likeness (QED) is 0.871. The molecule has 0 bridgehead atoms. The summed E-state index contributed by atoms with van der Waals surface area (Å²) in [5, 5.41) is 14.9. The van der Waals surface area contributed by atoms with Crippen LogP contribution in [0.4, 0.5) is 0 Å². The van der Waals surface area contributed by atoms with E-state index in [4.69, 9.17) is 19.6 Å². The molecule has 0 atom stereocenters. The van der Waals surface area contributed by atoms with Gasteiger partial charge in [-0.2, -0.15) is 5.10 Å². The largest absolute Gasteiger partial charge is 0.496 e. The summed E-state index contributed by atoms with van der Waals surface area (Å²) in [6, 6.07) is 7.92. The Bertz CT molecular complexity index is 700. The van der Waals surface area contributed by atoms with Gasteiger partial charge in [-0.3, -0.25) is 0 Å². The van der Waals surface area contributed by atoms with Crippen molar-refractivity contribution >= 4 is 0 Å². The van der Waals surface area contributed by atoms with Gasteiger partial charge in [-0.15, -0.1) is 0 Å². The molecule has 1 N–H and O–H groups in total. The molecule has 6 heteroatoms. The van der Waals surface area contributed by atoms with Gasteiger partial charge in [0.25, 0.3) is 0 Å². The zero-order valence-electron chi connectivity index (χ0n) is 15.2. The highest BCUT2D eigenvalue weighted by molar-refractivity contribution is 5.35. The van der Waals surface area contributed by atoms with Crippen molar-refractivity contribution in [2.45, 2.75) is 51.2 Å². The maximum atomic E-state index is 10.2. The van der Waals surface area contributed by atoms with E-state index in [0.29, 0.717) is 18.9 Å². The minimum atomic E-state index is -0.838. The Morgan fingerprint density at radius 2 is 2.00 bits per heavy atom. The van der Waals surface area contributed by atoms with Crippen LogP contribution in [0.5, 0.6) is 5.75 Å². The summed E-state index contributed by atoms with van der Waals surface area (Å²) in [6.45, 7) is 5.52. The van der Waals surface area contributed by atoms with Gasteiger partial charge in [0.05, 0.1) is 19.3 Å². The molecule has 2 heterocycles. The van der Waals surface area contributed by atoms with Crippen molar-refractivity contribution in [3.63, 3.8) is 0 Å². The molecule has 0 saturated carbocycles. The van der Waals surface area contributed by atoms with E-state index in [1.54, 1.807) is 21.0 Å². The second-order valence-electron chi connectivity index (χ2n) is 7.23. The van der Waals surface area contributed by atoms with E-state index in [-0.39, 0.29) is 0 Å². The van der Waals surface area contributed by atoms with E-state index in [9.17, 15) is 5.11 Å². The van der Waals surface area contributed by atoms with Gasteiger partial charge in [-0.1, -0.05) is 18.2 Å². The molecular weight excluding hydrogens is 318 g/mol. The topological polar surface area (TPSA) is 69.4 Å². The predicted octanol–water partition coefficient (Wildman–Crippen LogP) is 2.54. The average molecular weight is 345 g/mol. The van der Waals surface area contributed by atoms with Crippen LogP contribution in [0.15, 0.2) is 24.3 Å². The van der Waals surface area contributed by atoms with Crippen molar-refractivity contribution in [2.24, 2.45) is 0 Å². The molecule has 6 nitrogen and oxygen atoms in total. The Balaban J connectivity index is 1.89. The number of hydrogen-bond acceptors (Lipinski definition) is 5. The lowest BCUT2D eigenvalue weighted by Crippen LogP contribution is -2.29. The Kier molecular flexibility index (Phi) is 5.39. The van der Waals surface area contributed by atoms with E-state index in [1.165, 1.54) is 0 Å². The summed E-state index contributed by atoms with van der Waals surface area (Å²) < 4.78 is 12.8. The van der Waals surface area contributed by atoms with Crippen LogP contribution in [0.2, 0.25) is 0 Å². The third-order valence-electron chi connectivity index (χ3n) is 4.41. The first-order valence-electron chi connectivity index (χ1n) is 8.82. The van der Waals surface area contributed by atoms with Crippen molar-refractivity contribution in [3.8, 4) is 5.75 Å². The van der Waals surface area contributed by atoms with Crippen LogP contribution < -0.4 is 4.74 Å². The van der Waals surface area contributed by atoms with Crippen molar-refractivity contribution in [1.29, 1.82) is 0 Å². The van der Waals surface area contributed by atoms with Gasteiger partial charge < -0.3 is 14.6 Å². The minimum absolute atomic E-state index is 0.329. The first-order valence-corrected chi connectivity index (χ1v) is 8.82. The molecule has 1 fully saturated rings. The lowest BCUT2D eigenvalue weighted by atomic mass is 9.99. The molecule has 1 aromatic carbocycles. The number of para-hydroxylation sites is 1. The fourth-order valence-corrected chi connectivity index (χ4v) is 3.24. The SMILES string of the molecule is COc1ccccc1Cc1nc(C2CCOCC2)n(CC(C)(C)O)n1. The number of hydrogen-bond donors (Lipinski definition) is 1. The van der Waals surface area contributed by atoms with Crippen LogP contribution >= 0.6 is 0 Å². The number of aromatic nitrogens is 3. The van der Waals surface area contributed by atoms with Crippen molar-refractivity contribution < 1.29 is 14.6 Å². The first kappa shape index (κ1) is 17.9. The van der Waals surface area contributed by atoms with Gasteiger partial charge in [0.1, 0.15) is 11.6 Å². The van der Waals surface area contributed by atoms with Gasteiger partial charge in [-0.25, -0.2) is 9.67 Å². The summed E-state index contributed by atoms with van der Waals surface area (Å²) in [6.07, 6.45) is 2.50. The highest BCUT2D eigenvalue weighted by Gasteiger charge is 2.26. The number of rotatable bonds is 6. The summed E-state index contributed by atoms with van der Waals surface area (Å²) in [5.74, 6) is 2.88. The number of methoxy groups -OCH3 is 1. The van der Waals surface area contributed by atoms with E-state index in [0.717, 1.165) is 49.0 Å². The van der Waals surface area contributed by atoms with Crippen molar-refractivity contribution in [2.75, 3.05) is 20.3 Å². The molecular formula is C19H27N3O3. The smallest absolute Gasteiger partial charge is 0.155 e. The molecule has 0 radical (unpaired) electrons. The summed E-state index contributed by atoms with van der Waals surface area (Å²) in [4.78, 5) is 4.82. The standard InChI is InChI=1S/C19H27N3O3/c1-19(2,23)13-22-18(14-8-10-25-11-9-14)20-17(21-22)12-15-6-4-5-7-16(15)24-3/h4-7,14,23H,8-13H2,1-3H3. The molecule has 1 aliphatic rings. The second-order valence-corrected chi connectivity index (χ2v) is 7.23. The maximum Gasteiger partial charge on any atom is 0.155 e. The molecule has 3 rings (SSSR count). The zero-order chi connectivity index (χ0) is 17.9. The molecule has 2 aromatic rings. The molecule has 1 aromatic heterocycles. The molecule has 136 valence electrons. The molecule has 0 unspecified atom stereocenters. The first-order chi connectivity index (χ1) is 12.0. The minimum Gasteiger partial charge on any atom is -0.496 e. The van der Waals surface area contributed by atoms with Crippen LogP contribution in [-0.2, 0) is 17.7 Å². The molecule has 0 spiro atoms. The van der Waals surface area contributed by atoms with Gasteiger partial charge in [0.2, 0.25) is 0 Å². The van der Waals surface area contributed by atoms with E-state index in [2.05, 4.69) is 0 Å². The van der Waals surface area contributed by atoms with Gasteiger partial charge in [0.15, 0.2) is 5.82 Å². The summed E-state index contributed by atoms with van der Waals surface area (Å²) in [5.41, 5.74) is 0.221. The van der Waals surface area contributed by atoms with Gasteiger partial charge >= 0.3 is 0 Å². The Labute approximate surface area is 148 Å². The van der Waals surface area contributed by atoms with Crippen LogP contribution in [0.25, 0.3) is 0 Å². The Morgan fingerprint density at radius 1 is 1.28 bits per heavy atom. The van der Waals surface area contributed by atoms with E-state index >= 15 is 0 Å². The monoisotopic (exact) mass is 345 g/mol. The number of aliphatic hydroxyl groups is 1. The summed E-state index contributed by atoms with van der Waals surface area (Å²) >= 11 is 0. The lowest BCUT2D eigenvalue weighted by Gasteiger charge is -2.24. The molecule has 0 aliphatic carbocycles. The average Bonchev–Trinajstić information content (AvgIpc) is 2.96. The van der Waals surface area contributed by atoms with E-state index in [1.807, 2.05) is 28.9 Å². The number of benzene rings is 1. The second kappa shape index (κ2) is 7.54. The summed E-state index contributed by atoms with van der Waals surface area (Å²) in [7, 11) is 1.67. The fourth-order valence-electron chi connectivity index (χ4n) is 3.24. The Morgan fingerprint density at radius 3 is 2.68 bits per heavy atom. The lowest BCUT2D eigenvalue weighted by molar-refractivity contribution is 0.0529. The van der Waals surface area contributed by atoms with Crippen molar-refractivity contribution in [3.05, 3.63) is 41.5 Å². The number of ether oxygens (including phenoxy) is 2. The normalized spacial score (nSPS) is 16.2. The number of nitrogens with zero attached hydrogens (tertiary/aromatic N) is 3. The van der Waals surface area contributed by atoms with Crippen LogP contribution in [0, 0.1) is 0 Å². The Hall–Kier alpha value is -1.92. The van der Waals surface area contributed by atoms with E-state index < -0.39 is 5.60 Å². The van der Waals surface area contributed by atoms with Crippen molar-refractivity contribution in [1.82, 2.24) is 14.8 Å². The zero-order valence-corrected chi connectivity index (χ0v) is 15.2. The van der Waals surface area contributed by atoms with Gasteiger partial charge in [-0.05, 0) is 32.8 Å². The molecule has 1 saturated heterocycles.